The molecule has 1 amide bonds. The van der Waals surface area contributed by atoms with Crippen LogP contribution < -0.4 is 15.0 Å². The van der Waals surface area contributed by atoms with Gasteiger partial charge in [0.1, 0.15) is 5.75 Å². The summed E-state index contributed by atoms with van der Waals surface area (Å²) in [5.41, 5.74) is 0.875. The molecule has 0 aliphatic carbocycles. The number of ether oxygens (including phenoxy) is 1. The summed E-state index contributed by atoms with van der Waals surface area (Å²) < 4.78 is 5.65. The molecule has 0 unspecified atom stereocenters. The first-order chi connectivity index (χ1) is 8.54. The van der Waals surface area contributed by atoms with E-state index >= 15 is 0 Å². The van der Waals surface area contributed by atoms with Crippen molar-refractivity contribution in [1.29, 1.82) is 0 Å². The van der Waals surface area contributed by atoms with Gasteiger partial charge in [0.05, 0.1) is 24.4 Å². The standard InChI is InChI=1S/C14H20N2O2/c1-4-18-12-8-6-5-7-11(12)16-9-13(17)15-10-14(16,2)3/h5-8H,4,9-10H2,1-3H3,(H,15,17). The van der Waals surface area contributed by atoms with Gasteiger partial charge in [0.2, 0.25) is 5.91 Å². The number of nitrogens with one attached hydrogen (secondary N) is 1. The fourth-order valence-corrected chi connectivity index (χ4v) is 2.19. The highest BCUT2D eigenvalue weighted by molar-refractivity contribution is 5.84. The molecular formula is C14H20N2O2. The highest BCUT2D eigenvalue weighted by Crippen LogP contribution is 2.33. The van der Waals surface area contributed by atoms with Gasteiger partial charge < -0.3 is 15.0 Å². The Balaban J connectivity index is 2.36. The molecule has 1 aromatic carbocycles. The smallest absolute Gasteiger partial charge is 0.239 e. The van der Waals surface area contributed by atoms with Crippen LogP contribution in [0.1, 0.15) is 20.8 Å². The summed E-state index contributed by atoms with van der Waals surface area (Å²) in [4.78, 5) is 13.7. The number of para-hydroxylation sites is 2. The molecule has 98 valence electrons. The summed E-state index contributed by atoms with van der Waals surface area (Å²) >= 11 is 0. The Labute approximate surface area is 108 Å². The fourth-order valence-electron chi connectivity index (χ4n) is 2.19. The molecule has 1 aliphatic rings. The van der Waals surface area contributed by atoms with Gasteiger partial charge in [0, 0.05) is 6.54 Å². The Bertz CT molecular complexity index is 443. The van der Waals surface area contributed by atoms with E-state index in [9.17, 15) is 4.79 Å². The molecule has 4 heteroatoms. The van der Waals surface area contributed by atoms with Crippen LogP contribution in [0.2, 0.25) is 0 Å². The van der Waals surface area contributed by atoms with Crippen molar-refractivity contribution >= 4 is 11.6 Å². The van der Waals surface area contributed by atoms with Crippen molar-refractivity contribution in [2.45, 2.75) is 26.3 Å². The number of piperazine rings is 1. The van der Waals surface area contributed by atoms with E-state index in [-0.39, 0.29) is 11.4 Å². The molecule has 1 fully saturated rings. The number of anilines is 1. The molecule has 1 N–H and O–H groups in total. The number of benzene rings is 1. The summed E-state index contributed by atoms with van der Waals surface area (Å²) in [6.07, 6.45) is 0. The molecular weight excluding hydrogens is 228 g/mol. The second-order valence-electron chi connectivity index (χ2n) is 5.08. The van der Waals surface area contributed by atoms with Gasteiger partial charge in [-0.05, 0) is 32.9 Å². The lowest BCUT2D eigenvalue weighted by Gasteiger charge is -2.44. The zero-order valence-corrected chi connectivity index (χ0v) is 11.2. The third kappa shape index (κ3) is 2.42. The van der Waals surface area contributed by atoms with Crippen LogP contribution in [0.4, 0.5) is 5.69 Å². The van der Waals surface area contributed by atoms with Crippen molar-refractivity contribution in [3.05, 3.63) is 24.3 Å². The highest BCUT2D eigenvalue weighted by atomic mass is 16.5. The van der Waals surface area contributed by atoms with E-state index < -0.39 is 0 Å². The van der Waals surface area contributed by atoms with Crippen LogP contribution in [-0.4, -0.2) is 31.1 Å². The minimum Gasteiger partial charge on any atom is -0.492 e. The van der Waals surface area contributed by atoms with Crippen LogP contribution in [0, 0.1) is 0 Å². The first-order valence-corrected chi connectivity index (χ1v) is 6.31. The first kappa shape index (κ1) is 12.7. The number of rotatable bonds is 3. The molecule has 18 heavy (non-hydrogen) atoms. The molecule has 1 saturated heterocycles. The molecule has 0 aromatic heterocycles. The number of carbonyl (C=O) groups excluding carboxylic acids is 1. The fraction of sp³-hybridized carbons (Fsp3) is 0.500. The Morgan fingerprint density at radius 2 is 2.11 bits per heavy atom. The number of carbonyl (C=O) groups is 1. The SMILES string of the molecule is CCOc1ccccc1N1CC(=O)NCC1(C)C. The lowest BCUT2D eigenvalue weighted by Crippen LogP contribution is -2.60. The maximum atomic E-state index is 11.6. The largest absolute Gasteiger partial charge is 0.492 e. The maximum Gasteiger partial charge on any atom is 0.239 e. The molecule has 1 heterocycles. The lowest BCUT2D eigenvalue weighted by atomic mass is 9.98. The van der Waals surface area contributed by atoms with E-state index in [2.05, 4.69) is 24.1 Å². The predicted octanol–water partition coefficient (Wildman–Crippen LogP) is 1.80. The molecule has 0 spiro atoms. The minimum absolute atomic E-state index is 0.0561. The molecule has 1 aromatic rings. The Morgan fingerprint density at radius 3 is 2.83 bits per heavy atom. The molecule has 0 bridgehead atoms. The molecule has 0 radical (unpaired) electrons. The monoisotopic (exact) mass is 248 g/mol. The van der Waals surface area contributed by atoms with E-state index in [1.54, 1.807) is 0 Å². The van der Waals surface area contributed by atoms with Crippen molar-refractivity contribution < 1.29 is 9.53 Å². The maximum absolute atomic E-state index is 11.6. The van der Waals surface area contributed by atoms with Crippen LogP contribution in [0.15, 0.2) is 24.3 Å². The topological polar surface area (TPSA) is 41.6 Å². The number of nitrogens with zero attached hydrogens (tertiary/aromatic N) is 1. The van der Waals surface area contributed by atoms with Crippen LogP contribution in [0.25, 0.3) is 0 Å². The van der Waals surface area contributed by atoms with Crippen LogP contribution in [0.5, 0.6) is 5.75 Å². The highest BCUT2D eigenvalue weighted by Gasteiger charge is 2.34. The van der Waals surface area contributed by atoms with Crippen molar-refractivity contribution in [1.82, 2.24) is 5.32 Å². The zero-order chi connectivity index (χ0) is 13.2. The number of hydrogen-bond acceptors (Lipinski definition) is 3. The van der Waals surface area contributed by atoms with Gasteiger partial charge in [-0.15, -0.1) is 0 Å². The summed E-state index contributed by atoms with van der Waals surface area (Å²) in [6, 6.07) is 7.87. The average molecular weight is 248 g/mol. The molecule has 0 atom stereocenters. The van der Waals surface area contributed by atoms with Crippen molar-refractivity contribution in [3.8, 4) is 5.75 Å². The second kappa shape index (κ2) is 4.88. The molecule has 0 saturated carbocycles. The minimum atomic E-state index is -0.110. The Morgan fingerprint density at radius 1 is 1.39 bits per heavy atom. The van der Waals surface area contributed by atoms with Crippen molar-refractivity contribution in [2.24, 2.45) is 0 Å². The average Bonchev–Trinajstić information content (AvgIpc) is 2.34. The molecule has 2 rings (SSSR count). The van der Waals surface area contributed by atoms with E-state index in [0.29, 0.717) is 19.7 Å². The van der Waals surface area contributed by atoms with Gasteiger partial charge in [-0.2, -0.15) is 0 Å². The van der Waals surface area contributed by atoms with Crippen molar-refractivity contribution in [3.63, 3.8) is 0 Å². The normalized spacial score (nSPS) is 18.4. The van der Waals surface area contributed by atoms with Crippen molar-refractivity contribution in [2.75, 3.05) is 24.6 Å². The van der Waals surface area contributed by atoms with E-state index in [0.717, 1.165) is 11.4 Å². The van der Waals surface area contributed by atoms with Crippen LogP contribution in [0.3, 0.4) is 0 Å². The summed E-state index contributed by atoms with van der Waals surface area (Å²) in [5, 5.41) is 2.90. The second-order valence-corrected chi connectivity index (χ2v) is 5.08. The third-order valence-electron chi connectivity index (χ3n) is 3.21. The van der Waals surface area contributed by atoms with Gasteiger partial charge in [0.25, 0.3) is 0 Å². The Hall–Kier alpha value is -1.71. The number of hydrogen-bond donors (Lipinski definition) is 1. The van der Waals surface area contributed by atoms with Gasteiger partial charge in [-0.3, -0.25) is 4.79 Å². The molecule has 4 nitrogen and oxygen atoms in total. The van der Waals surface area contributed by atoms with Gasteiger partial charge >= 0.3 is 0 Å². The van der Waals surface area contributed by atoms with E-state index in [1.807, 2.05) is 31.2 Å². The number of amides is 1. The Kier molecular flexibility index (Phi) is 3.45. The van der Waals surface area contributed by atoms with Crippen LogP contribution >= 0.6 is 0 Å². The zero-order valence-electron chi connectivity index (χ0n) is 11.2. The van der Waals surface area contributed by atoms with Gasteiger partial charge in [-0.1, -0.05) is 12.1 Å². The van der Waals surface area contributed by atoms with E-state index in [4.69, 9.17) is 4.74 Å². The lowest BCUT2D eigenvalue weighted by molar-refractivity contribution is -0.121. The van der Waals surface area contributed by atoms with Gasteiger partial charge in [0.15, 0.2) is 0 Å². The first-order valence-electron chi connectivity index (χ1n) is 6.31. The quantitative estimate of drug-likeness (QED) is 0.887. The third-order valence-corrected chi connectivity index (χ3v) is 3.21. The van der Waals surface area contributed by atoms with Crippen LogP contribution in [-0.2, 0) is 4.79 Å². The van der Waals surface area contributed by atoms with Gasteiger partial charge in [-0.25, -0.2) is 0 Å². The summed E-state index contributed by atoms with van der Waals surface area (Å²) in [7, 11) is 0. The summed E-state index contributed by atoms with van der Waals surface area (Å²) in [5.74, 6) is 0.892. The summed E-state index contributed by atoms with van der Waals surface area (Å²) in [6.45, 7) is 7.84. The molecule has 1 aliphatic heterocycles. The predicted molar refractivity (Wildman–Crippen MR) is 72.0 cm³/mol. The van der Waals surface area contributed by atoms with E-state index in [1.165, 1.54) is 0 Å².